The number of fused-ring (bicyclic) bond motifs is 1. The molecule has 1 aliphatic rings. The lowest BCUT2D eigenvalue weighted by molar-refractivity contribution is -0.137. The molecule has 0 aromatic heterocycles. The Morgan fingerprint density at radius 2 is 2.12 bits per heavy atom. The number of carbonyl (C=O) groups is 2. The van der Waals surface area contributed by atoms with Crippen LogP contribution in [0, 0.1) is 11.8 Å². The van der Waals surface area contributed by atoms with Gasteiger partial charge in [0.2, 0.25) is 0 Å². The molecule has 0 aliphatic carbocycles. The standard InChI is InChI=1S/C19H23NO6/c1-3-11(9-21)13(15(10-22)19(25)26-2)7-16-14-8-18(24)17(23)6-12(14)4-5-20-16/h3,6,8-11,13,16,20,22-24H,1,4-5,7H2,2H3/b15-10+/t11-,13-,16-/m0/s1. The number of ether oxygens (including phenoxy) is 1. The molecule has 0 saturated heterocycles. The van der Waals surface area contributed by atoms with E-state index in [1.54, 1.807) is 0 Å². The highest BCUT2D eigenvalue weighted by molar-refractivity contribution is 5.89. The number of hydrogen-bond acceptors (Lipinski definition) is 7. The fourth-order valence-electron chi connectivity index (χ4n) is 3.36. The predicted octanol–water partition coefficient (Wildman–Crippen LogP) is 1.91. The molecule has 0 amide bonds. The average Bonchev–Trinajstić information content (AvgIpc) is 2.64. The van der Waals surface area contributed by atoms with Crippen LogP contribution >= 0.6 is 0 Å². The minimum atomic E-state index is -0.726. The summed E-state index contributed by atoms with van der Waals surface area (Å²) in [7, 11) is 1.20. The van der Waals surface area contributed by atoms with E-state index in [9.17, 15) is 24.9 Å². The molecule has 4 N–H and O–H groups in total. The number of rotatable bonds is 7. The zero-order valence-corrected chi connectivity index (χ0v) is 14.5. The van der Waals surface area contributed by atoms with E-state index < -0.39 is 17.8 Å². The van der Waals surface area contributed by atoms with Gasteiger partial charge < -0.3 is 30.2 Å². The molecule has 7 heteroatoms. The lowest BCUT2D eigenvalue weighted by Gasteiger charge is -2.32. The van der Waals surface area contributed by atoms with Crippen LogP contribution in [0.3, 0.4) is 0 Å². The molecular formula is C19H23NO6. The van der Waals surface area contributed by atoms with Crippen LogP contribution in [-0.4, -0.2) is 41.2 Å². The van der Waals surface area contributed by atoms with Gasteiger partial charge in [-0.25, -0.2) is 4.79 Å². The van der Waals surface area contributed by atoms with Crippen molar-refractivity contribution >= 4 is 12.3 Å². The summed E-state index contributed by atoms with van der Waals surface area (Å²) in [6.07, 6.45) is 3.70. The molecule has 1 aromatic rings. The van der Waals surface area contributed by atoms with Crippen LogP contribution in [0.25, 0.3) is 0 Å². The Labute approximate surface area is 151 Å². The van der Waals surface area contributed by atoms with Crippen LogP contribution < -0.4 is 5.32 Å². The topological polar surface area (TPSA) is 116 Å². The van der Waals surface area contributed by atoms with Gasteiger partial charge in [0.05, 0.1) is 18.9 Å². The molecule has 1 heterocycles. The largest absolute Gasteiger partial charge is 0.515 e. The van der Waals surface area contributed by atoms with E-state index in [4.69, 9.17) is 4.74 Å². The minimum absolute atomic E-state index is 0.0265. The number of aliphatic hydroxyl groups excluding tert-OH is 1. The van der Waals surface area contributed by atoms with E-state index in [1.807, 2.05) is 0 Å². The highest BCUT2D eigenvalue weighted by Gasteiger charge is 2.33. The molecule has 0 saturated carbocycles. The summed E-state index contributed by atoms with van der Waals surface area (Å²) in [5, 5.41) is 32.4. The molecule has 0 radical (unpaired) electrons. The molecule has 3 atom stereocenters. The SMILES string of the molecule is C=C[C@@H](C=O)[C@H](C[C@@H]1NCCc2cc(O)c(O)cc21)/C(=C\O)C(=O)OC. The van der Waals surface area contributed by atoms with Crippen LogP contribution in [0.1, 0.15) is 23.6 Å². The maximum atomic E-state index is 12.0. The molecule has 2 rings (SSSR count). The van der Waals surface area contributed by atoms with Crippen LogP contribution in [0.15, 0.2) is 36.6 Å². The summed E-state index contributed by atoms with van der Waals surface area (Å²) < 4.78 is 4.71. The quantitative estimate of drug-likeness (QED) is 0.146. The summed E-state index contributed by atoms with van der Waals surface area (Å²) in [5.74, 6) is -2.53. The molecule has 7 nitrogen and oxygen atoms in total. The Morgan fingerprint density at radius 1 is 1.42 bits per heavy atom. The average molecular weight is 361 g/mol. The lowest BCUT2D eigenvalue weighted by Crippen LogP contribution is -2.34. The highest BCUT2D eigenvalue weighted by Crippen LogP contribution is 2.38. The van der Waals surface area contributed by atoms with Gasteiger partial charge in [0.1, 0.15) is 6.29 Å². The number of phenols is 2. The van der Waals surface area contributed by atoms with Crippen LogP contribution in [0.2, 0.25) is 0 Å². The zero-order chi connectivity index (χ0) is 19.3. The van der Waals surface area contributed by atoms with Gasteiger partial charge in [-0.2, -0.15) is 0 Å². The van der Waals surface area contributed by atoms with Crippen molar-refractivity contribution in [2.75, 3.05) is 13.7 Å². The summed E-state index contributed by atoms with van der Waals surface area (Å²) in [4.78, 5) is 23.5. The first-order valence-corrected chi connectivity index (χ1v) is 8.25. The number of nitrogens with one attached hydrogen (secondary N) is 1. The van der Waals surface area contributed by atoms with Gasteiger partial charge in [0, 0.05) is 17.9 Å². The van der Waals surface area contributed by atoms with E-state index in [0.29, 0.717) is 25.5 Å². The Bertz CT molecular complexity index is 719. The number of allylic oxidation sites excluding steroid dienone is 1. The number of hydrogen-bond donors (Lipinski definition) is 4. The number of aromatic hydroxyl groups is 2. The second-order valence-electron chi connectivity index (χ2n) is 6.16. The third-order valence-electron chi connectivity index (χ3n) is 4.74. The van der Waals surface area contributed by atoms with Crippen molar-refractivity contribution < 1.29 is 29.6 Å². The van der Waals surface area contributed by atoms with E-state index in [2.05, 4.69) is 11.9 Å². The highest BCUT2D eigenvalue weighted by atomic mass is 16.5. The van der Waals surface area contributed by atoms with Gasteiger partial charge >= 0.3 is 5.97 Å². The maximum absolute atomic E-state index is 12.0. The molecule has 0 unspecified atom stereocenters. The van der Waals surface area contributed by atoms with Gasteiger partial charge in [0.15, 0.2) is 11.5 Å². The first kappa shape index (κ1) is 19.5. The Balaban J connectivity index is 2.41. The number of carbonyl (C=O) groups excluding carboxylic acids is 2. The van der Waals surface area contributed by atoms with Gasteiger partial charge in [-0.1, -0.05) is 6.08 Å². The summed E-state index contributed by atoms with van der Waals surface area (Å²) in [6.45, 7) is 4.26. The van der Waals surface area contributed by atoms with Gasteiger partial charge in [-0.3, -0.25) is 0 Å². The lowest BCUT2D eigenvalue weighted by atomic mass is 9.79. The second-order valence-corrected chi connectivity index (χ2v) is 6.16. The Kier molecular flexibility index (Phi) is 6.41. The monoisotopic (exact) mass is 361 g/mol. The minimum Gasteiger partial charge on any atom is -0.515 e. The number of aliphatic hydroxyl groups is 1. The molecule has 0 fully saturated rings. The van der Waals surface area contributed by atoms with Crippen molar-refractivity contribution in [2.45, 2.75) is 18.9 Å². The molecule has 140 valence electrons. The molecule has 1 aliphatic heterocycles. The van der Waals surface area contributed by atoms with E-state index in [0.717, 1.165) is 11.1 Å². The molecule has 0 bridgehead atoms. The zero-order valence-electron chi connectivity index (χ0n) is 14.5. The fraction of sp³-hybridized carbons (Fsp3) is 0.368. The summed E-state index contributed by atoms with van der Waals surface area (Å²) >= 11 is 0. The number of aldehydes is 1. The first-order chi connectivity index (χ1) is 12.5. The van der Waals surface area contributed by atoms with Crippen molar-refractivity contribution in [2.24, 2.45) is 11.8 Å². The molecular weight excluding hydrogens is 338 g/mol. The smallest absolute Gasteiger partial charge is 0.337 e. The molecule has 0 spiro atoms. The Hall–Kier alpha value is -2.80. The predicted molar refractivity (Wildman–Crippen MR) is 94.8 cm³/mol. The van der Waals surface area contributed by atoms with Crippen LogP contribution in [-0.2, 0) is 20.7 Å². The number of benzene rings is 1. The van der Waals surface area contributed by atoms with Crippen LogP contribution in [0.5, 0.6) is 11.5 Å². The van der Waals surface area contributed by atoms with Crippen molar-refractivity contribution in [1.29, 1.82) is 0 Å². The van der Waals surface area contributed by atoms with Gasteiger partial charge in [-0.05, 0) is 42.6 Å². The molecule has 1 aromatic carbocycles. The van der Waals surface area contributed by atoms with Crippen molar-refractivity contribution in [3.63, 3.8) is 0 Å². The first-order valence-electron chi connectivity index (χ1n) is 8.25. The van der Waals surface area contributed by atoms with E-state index in [1.165, 1.54) is 25.3 Å². The summed E-state index contributed by atoms with van der Waals surface area (Å²) in [5.41, 5.74) is 1.62. The third kappa shape index (κ3) is 3.88. The van der Waals surface area contributed by atoms with E-state index >= 15 is 0 Å². The maximum Gasteiger partial charge on any atom is 0.337 e. The van der Waals surface area contributed by atoms with Crippen molar-refractivity contribution in [1.82, 2.24) is 5.32 Å². The van der Waals surface area contributed by atoms with Crippen LogP contribution in [0.4, 0.5) is 0 Å². The summed E-state index contributed by atoms with van der Waals surface area (Å²) in [6, 6.07) is 2.70. The normalized spacial score (nSPS) is 19.1. The van der Waals surface area contributed by atoms with Crippen molar-refractivity contribution in [3.05, 3.63) is 47.7 Å². The van der Waals surface area contributed by atoms with E-state index in [-0.39, 0.29) is 29.5 Å². The number of esters is 1. The molecule has 26 heavy (non-hydrogen) atoms. The fourth-order valence-corrected chi connectivity index (χ4v) is 3.36. The third-order valence-corrected chi connectivity index (χ3v) is 4.74. The van der Waals surface area contributed by atoms with Crippen molar-refractivity contribution in [3.8, 4) is 11.5 Å². The van der Waals surface area contributed by atoms with Gasteiger partial charge in [0.25, 0.3) is 0 Å². The van der Waals surface area contributed by atoms with Gasteiger partial charge in [-0.15, -0.1) is 6.58 Å². The number of phenolic OH excluding ortho intramolecular Hbond substituents is 2. The second kappa shape index (κ2) is 8.53. The Morgan fingerprint density at radius 3 is 2.69 bits per heavy atom. The number of methoxy groups -OCH3 is 1.